The van der Waals surface area contributed by atoms with Crippen LogP contribution in [-0.4, -0.2) is 24.1 Å². The number of benzene rings is 8. The van der Waals surface area contributed by atoms with Gasteiger partial charge in [0, 0.05) is 43.7 Å². The molecule has 11 aromatic rings. The van der Waals surface area contributed by atoms with Gasteiger partial charge in [-0.1, -0.05) is 140 Å². The van der Waals surface area contributed by atoms with Crippen LogP contribution in [0, 0.1) is 0 Å². The Morgan fingerprint density at radius 2 is 0.759 bits per heavy atom. The van der Waals surface area contributed by atoms with E-state index in [4.69, 9.17) is 15.0 Å². The maximum absolute atomic E-state index is 5.28. The van der Waals surface area contributed by atoms with E-state index in [-0.39, 0.29) is 0 Å². The molecule has 0 saturated heterocycles. The second-order valence-corrected chi connectivity index (χ2v) is 14.0. The van der Waals surface area contributed by atoms with Gasteiger partial charge in [-0.2, -0.15) is 9.97 Å². The fraction of sp³-hybridized carbons (Fsp3) is 0. The molecule has 0 amide bonds. The third-order valence-corrected chi connectivity index (χ3v) is 11.1. The van der Waals surface area contributed by atoms with Crippen molar-refractivity contribution in [2.24, 2.45) is 0 Å². The minimum atomic E-state index is 0.593. The van der Waals surface area contributed by atoms with Crippen molar-refractivity contribution < 1.29 is 0 Å². The highest BCUT2D eigenvalue weighted by molar-refractivity contribution is 6.38. The normalized spacial score (nSPS) is 12.1. The summed E-state index contributed by atoms with van der Waals surface area (Å²) in [7, 11) is 0. The lowest BCUT2D eigenvalue weighted by Gasteiger charge is -2.12. The van der Waals surface area contributed by atoms with Crippen molar-refractivity contribution in [1.29, 1.82) is 0 Å². The van der Waals surface area contributed by atoms with Gasteiger partial charge in [-0.3, -0.25) is 4.57 Å². The molecule has 0 atom stereocenters. The summed E-state index contributed by atoms with van der Waals surface area (Å²) in [5.74, 6) is 1.86. The summed E-state index contributed by atoms with van der Waals surface area (Å²) in [6, 6.07) is 62.4. The highest BCUT2D eigenvalue weighted by Gasteiger charge is 2.28. The first kappa shape index (κ1) is 29.2. The van der Waals surface area contributed by atoms with Crippen LogP contribution in [0.25, 0.3) is 111 Å². The summed E-state index contributed by atoms with van der Waals surface area (Å²) in [6.07, 6.45) is 0. The van der Waals surface area contributed by atoms with E-state index < -0.39 is 0 Å². The zero-order chi connectivity index (χ0) is 35.3. The van der Waals surface area contributed by atoms with E-state index in [1.807, 2.05) is 24.3 Å². The van der Waals surface area contributed by atoms with Gasteiger partial charge in [-0.05, 0) is 64.0 Å². The summed E-state index contributed by atoms with van der Waals surface area (Å²) in [4.78, 5) is 15.6. The molecule has 5 heteroatoms. The maximum atomic E-state index is 5.28. The first-order chi connectivity index (χ1) is 26.8. The zero-order valence-corrected chi connectivity index (χ0v) is 29.0. The number of fused-ring (bicyclic) bond motifs is 1. The van der Waals surface area contributed by atoms with Crippen LogP contribution in [0.2, 0.25) is 0 Å². The molecule has 54 heavy (non-hydrogen) atoms. The Labute approximate surface area is 310 Å². The van der Waals surface area contributed by atoms with Crippen LogP contribution >= 0.6 is 0 Å². The van der Waals surface area contributed by atoms with Crippen molar-refractivity contribution in [3.63, 3.8) is 0 Å². The van der Waals surface area contributed by atoms with Crippen molar-refractivity contribution in [3.8, 4) is 56.7 Å². The third-order valence-electron chi connectivity index (χ3n) is 11.1. The summed E-state index contributed by atoms with van der Waals surface area (Å²) in [5.41, 5.74) is 12.4. The van der Waals surface area contributed by atoms with Gasteiger partial charge in [-0.25, -0.2) is 4.98 Å². The second-order valence-electron chi connectivity index (χ2n) is 14.0. The summed E-state index contributed by atoms with van der Waals surface area (Å²) >= 11 is 0. The molecule has 12 rings (SSSR count). The Morgan fingerprint density at radius 3 is 1.37 bits per heavy atom. The molecule has 5 nitrogen and oxygen atoms in total. The maximum Gasteiger partial charge on any atom is 0.238 e. The molecule has 0 saturated carbocycles. The SMILES string of the molecule is c1ccc(-c2ccc(-c3nc(-c4ccccc4)nc(-n4c5cccc6c5c5c7c(ccc8c7c7c-6cccc7n8-c6ccccc6)ccc54)n3)cc2)cc1. The van der Waals surface area contributed by atoms with Crippen molar-refractivity contribution in [2.75, 3.05) is 0 Å². The van der Waals surface area contributed by atoms with Gasteiger partial charge >= 0.3 is 0 Å². The average Bonchev–Trinajstić information content (AvgIpc) is 3.73. The van der Waals surface area contributed by atoms with E-state index >= 15 is 0 Å². The Balaban J connectivity index is 1.18. The molecule has 1 aliphatic carbocycles. The zero-order valence-electron chi connectivity index (χ0n) is 29.0. The molecule has 3 aromatic heterocycles. The Kier molecular flexibility index (Phi) is 5.99. The summed E-state index contributed by atoms with van der Waals surface area (Å²) in [6.45, 7) is 0. The molecule has 0 radical (unpaired) electrons. The molecule has 0 aliphatic heterocycles. The number of nitrogens with zero attached hydrogens (tertiary/aromatic N) is 5. The van der Waals surface area contributed by atoms with Gasteiger partial charge < -0.3 is 4.57 Å². The quantitative estimate of drug-likeness (QED) is 0.181. The number of hydrogen-bond donors (Lipinski definition) is 0. The average molecular weight is 688 g/mol. The number of aromatic nitrogens is 5. The minimum Gasteiger partial charge on any atom is -0.309 e. The predicted molar refractivity (Wildman–Crippen MR) is 221 cm³/mol. The van der Waals surface area contributed by atoms with Crippen LogP contribution in [0.15, 0.2) is 176 Å². The standard InChI is InChI=1S/C49H29N5/c1-4-12-30(13-5-1)31-22-24-34(25-23-31)48-50-47(33-14-6-2-7-15-33)51-49(52-48)54-39-21-11-19-37-36-18-10-20-38-43(36)45-40(53(38)35-16-8-3-9-17-35)28-26-32-27-29-41(54)46(42(32)45)44(37)39/h1-29H. The number of rotatable bonds is 5. The van der Waals surface area contributed by atoms with Gasteiger partial charge in [0.05, 0.1) is 22.1 Å². The number of para-hydroxylation sites is 1. The van der Waals surface area contributed by atoms with Gasteiger partial charge in [0.2, 0.25) is 5.95 Å². The Morgan fingerprint density at radius 1 is 0.296 bits per heavy atom. The van der Waals surface area contributed by atoms with E-state index in [1.54, 1.807) is 0 Å². The molecule has 250 valence electrons. The first-order valence-electron chi connectivity index (χ1n) is 18.3. The van der Waals surface area contributed by atoms with E-state index in [0.29, 0.717) is 17.6 Å². The molecule has 8 aromatic carbocycles. The summed E-state index contributed by atoms with van der Waals surface area (Å²) < 4.78 is 4.67. The molecular weight excluding hydrogens is 659 g/mol. The van der Waals surface area contributed by atoms with E-state index in [0.717, 1.165) is 33.4 Å². The van der Waals surface area contributed by atoms with Crippen LogP contribution in [0.5, 0.6) is 0 Å². The highest BCUT2D eigenvalue weighted by Crippen LogP contribution is 2.51. The molecule has 0 spiro atoms. The highest BCUT2D eigenvalue weighted by atomic mass is 15.2. The molecule has 0 bridgehead atoms. The smallest absolute Gasteiger partial charge is 0.238 e. The van der Waals surface area contributed by atoms with Gasteiger partial charge in [0.1, 0.15) is 0 Å². The fourth-order valence-electron chi connectivity index (χ4n) is 8.79. The molecule has 0 fully saturated rings. The lowest BCUT2D eigenvalue weighted by molar-refractivity contribution is 0.954. The largest absolute Gasteiger partial charge is 0.309 e. The molecule has 0 N–H and O–H groups in total. The van der Waals surface area contributed by atoms with Gasteiger partial charge in [-0.15, -0.1) is 0 Å². The Hall–Kier alpha value is -7.37. The lowest BCUT2D eigenvalue weighted by Crippen LogP contribution is -2.06. The van der Waals surface area contributed by atoms with E-state index in [2.05, 4.69) is 161 Å². The minimum absolute atomic E-state index is 0.593. The van der Waals surface area contributed by atoms with Crippen LogP contribution < -0.4 is 0 Å². The van der Waals surface area contributed by atoms with Crippen molar-refractivity contribution in [2.45, 2.75) is 0 Å². The van der Waals surface area contributed by atoms with E-state index in [9.17, 15) is 0 Å². The topological polar surface area (TPSA) is 48.5 Å². The van der Waals surface area contributed by atoms with Crippen LogP contribution in [-0.2, 0) is 0 Å². The van der Waals surface area contributed by atoms with Crippen LogP contribution in [0.1, 0.15) is 0 Å². The van der Waals surface area contributed by atoms with Crippen LogP contribution in [0.3, 0.4) is 0 Å². The molecule has 3 heterocycles. The van der Waals surface area contributed by atoms with E-state index in [1.165, 1.54) is 60.0 Å². The monoisotopic (exact) mass is 687 g/mol. The van der Waals surface area contributed by atoms with Crippen molar-refractivity contribution >= 4 is 54.4 Å². The van der Waals surface area contributed by atoms with Crippen molar-refractivity contribution in [3.05, 3.63) is 176 Å². The lowest BCUT2D eigenvalue weighted by atomic mass is 9.98. The molecule has 1 aliphatic rings. The predicted octanol–water partition coefficient (Wildman–Crippen LogP) is 12.2. The van der Waals surface area contributed by atoms with Gasteiger partial charge in [0.25, 0.3) is 0 Å². The molecular formula is C49H29N5. The Bertz CT molecular complexity index is 3290. The second kappa shape index (κ2) is 11.1. The van der Waals surface area contributed by atoms with Gasteiger partial charge in [0.15, 0.2) is 11.6 Å². The fourth-order valence-corrected chi connectivity index (χ4v) is 8.79. The summed E-state index contributed by atoms with van der Waals surface area (Å²) in [5, 5.41) is 7.49. The number of hydrogen-bond acceptors (Lipinski definition) is 3. The third kappa shape index (κ3) is 4.06. The first-order valence-corrected chi connectivity index (χ1v) is 18.3. The molecule has 0 unspecified atom stereocenters. The van der Waals surface area contributed by atoms with Crippen LogP contribution in [0.4, 0.5) is 0 Å². The van der Waals surface area contributed by atoms with Crippen molar-refractivity contribution in [1.82, 2.24) is 24.1 Å².